The second-order valence-corrected chi connectivity index (χ2v) is 13.6. The summed E-state index contributed by atoms with van der Waals surface area (Å²) in [7, 11) is -1.88. The Morgan fingerprint density at radius 3 is 1.58 bits per heavy atom. The molecule has 1 atom stereocenters. The predicted octanol–water partition coefficient (Wildman–Crippen LogP) is 4.46. The van der Waals surface area contributed by atoms with Crippen molar-refractivity contribution in [2.45, 2.75) is 52.6 Å². The smallest absolute Gasteiger partial charge is 0.118 e. The van der Waals surface area contributed by atoms with Gasteiger partial charge in [-0.2, -0.15) is 0 Å². The maximum Gasteiger partial charge on any atom is 0.118 e. The normalized spacial score (nSPS) is 17.0. The number of allylic oxidation sites excluding steroid dienone is 4. The molecule has 0 fully saturated rings. The fourth-order valence-electron chi connectivity index (χ4n) is 5.52. The molecule has 2 heteroatoms. The van der Waals surface area contributed by atoms with Gasteiger partial charge in [-0.1, -0.05) is 80.1 Å². The van der Waals surface area contributed by atoms with Crippen molar-refractivity contribution in [3.63, 3.8) is 0 Å². The van der Waals surface area contributed by atoms with Gasteiger partial charge in [-0.05, 0) is 86.6 Å². The molecular formula is C31H36BrP. The van der Waals surface area contributed by atoms with Crippen molar-refractivity contribution in [2.24, 2.45) is 5.41 Å². The minimum atomic E-state index is -1.88. The monoisotopic (exact) mass is 518 g/mol. The van der Waals surface area contributed by atoms with Gasteiger partial charge in [0.25, 0.3) is 0 Å². The maximum absolute atomic E-state index is 2.52. The molecule has 0 aliphatic heterocycles. The summed E-state index contributed by atoms with van der Waals surface area (Å²) in [5, 5.41) is 4.34. The van der Waals surface area contributed by atoms with Gasteiger partial charge < -0.3 is 17.0 Å². The minimum Gasteiger partial charge on any atom is -1.00 e. The summed E-state index contributed by atoms with van der Waals surface area (Å²) in [6, 6.07) is 33.6. The summed E-state index contributed by atoms with van der Waals surface area (Å²) in [4.78, 5) is 0. The molecule has 0 N–H and O–H groups in total. The van der Waals surface area contributed by atoms with Gasteiger partial charge in [0, 0.05) is 0 Å². The SMILES string of the molecule is CC1=C(/C=C/C(C)[P+](c2ccccc2)(c2ccccc2)c2ccccc2)C(C)(C)CCC1.[Br-]. The lowest BCUT2D eigenvalue weighted by molar-refractivity contribution is -0.00000684. The van der Waals surface area contributed by atoms with Gasteiger partial charge in [0.05, 0.1) is 5.66 Å². The van der Waals surface area contributed by atoms with Gasteiger partial charge in [0.15, 0.2) is 0 Å². The molecule has 3 aromatic carbocycles. The van der Waals surface area contributed by atoms with Crippen LogP contribution >= 0.6 is 7.26 Å². The van der Waals surface area contributed by atoms with Crippen LogP contribution in [0.2, 0.25) is 0 Å². The van der Waals surface area contributed by atoms with Crippen LogP contribution in [0.3, 0.4) is 0 Å². The average Bonchev–Trinajstić information content (AvgIpc) is 2.81. The number of rotatable bonds is 6. The molecule has 3 aromatic rings. The standard InChI is InChI=1S/C31H36P.BrH/c1-25-15-14-24-31(3,4)30(25)23-22-26(2)32(27-16-8-5-9-17-27,28-18-10-6-11-19-28)29-20-12-7-13-21-29;/h5-13,16-23,26H,14-15,24H2,1-4H3;1H/q+1;/p-1/b23-22+;. The van der Waals surface area contributed by atoms with E-state index in [1.807, 2.05) is 0 Å². The first-order chi connectivity index (χ1) is 15.5. The van der Waals surface area contributed by atoms with Gasteiger partial charge >= 0.3 is 0 Å². The maximum atomic E-state index is 2.52. The van der Waals surface area contributed by atoms with Crippen LogP contribution in [0, 0.1) is 5.41 Å². The van der Waals surface area contributed by atoms with Crippen LogP contribution in [-0.4, -0.2) is 5.66 Å². The zero-order chi connectivity index (χ0) is 22.6. The Kier molecular flexibility index (Phi) is 8.54. The van der Waals surface area contributed by atoms with Crippen molar-refractivity contribution >= 4 is 23.2 Å². The minimum absolute atomic E-state index is 0. The van der Waals surface area contributed by atoms with E-state index in [2.05, 4.69) is 131 Å². The number of hydrogen-bond acceptors (Lipinski definition) is 0. The summed E-state index contributed by atoms with van der Waals surface area (Å²) in [5.41, 5.74) is 3.75. The molecule has 1 aliphatic rings. The Morgan fingerprint density at radius 2 is 1.18 bits per heavy atom. The molecule has 0 radical (unpaired) electrons. The highest BCUT2D eigenvalue weighted by Gasteiger charge is 2.49. The summed E-state index contributed by atoms with van der Waals surface area (Å²) in [6.45, 7) is 9.59. The van der Waals surface area contributed by atoms with Crippen molar-refractivity contribution in [2.75, 3.05) is 0 Å². The molecule has 172 valence electrons. The molecule has 0 spiro atoms. The lowest BCUT2D eigenvalue weighted by Gasteiger charge is -2.34. The topological polar surface area (TPSA) is 0 Å². The molecule has 0 heterocycles. The van der Waals surface area contributed by atoms with Crippen LogP contribution in [0.25, 0.3) is 0 Å². The second-order valence-electron chi connectivity index (χ2n) is 9.76. The first kappa shape index (κ1) is 25.7. The highest BCUT2D eigenvalue weighted by Crippen LogP contribution is 2.60. The lowest BCUT2D eigenvalue weighted by atomic mass is 9.72. The molecule has 1 unspecified atom stereocenters. The van der Waals surface area contributed by atoms with E-state index in [9.17, 15) is 0 Å². The second kappa shape index (κ2) is 11.0. The average molecular weight is 520 g/mol. The Morgan fingerprint density at radius 1 is 0.758 bits per heavy atom. The van der Waals surface area contributed by atoms with Crippen LogP contribution in [0.5, 0.6) is 0 Å². The largest absolute Gasteiger partial charge is 1.00 e. The van der Waals surface area contributed by atoms with Gasteiger partial charge in [0.2, 0.25) is 0 Å². The van der Waals surface area contributed by atoms with E-state index in [0.29, 0.717) is 5.66 Å². The number of hydrogen-bond donors (Lipinski definition) is 0. The van der Waals surface area contributed by atoms with Crippen molar-refractivity contribution < 1.29 is 17.0 Å². The van der Waals surface area contributed by atoms with Gasteiger partial charge in [-0.15, -0.1) is 0 Å². The quantitative estimate of drug-likeness (QED) is 0.422. The van der Waals surface area contributed by atoms with Crippen molar-refractivity contribution in [1.82, 2.24) is 0 Å². The Bertz CT molecular complexity index is 985. The molecule has 1 aliphatic carbocycles. The van der Waals surface area contributed by atoms with E-state index < -0.39 is 7.26 Å². The van der Waals surface area contributed by atoms with Crippen LogP contribution in [0.4, 0.5) is 0 Å². The van der Waals surface area contributed by atoms with E-state index in [0.717, 1.165) is 0 Å². The summed E-state index contributed by atoms with van der Waals surface area (Å²) in [5.74, 6) is 0. The molecule has 0 saturated heterocycles. The molecule has 0 saturated carbocycles. The molecule has 4 rings (SSSR count). The number of benzene rings is 3. The molecule has 33 heavy (non-hydrogen) atoms. The molecule has 0 aromatic heterocycles. The van der Waals surface area contributed by atoms with Crippen molar-refractivity contribution in [3.05, 3.63) is 114 Å². The number of halogens is 1. The fraction of sp³-hybridized carbons (Fsp3) is 0.290. The van der Waals surface area contributed by atoms with E-state index in [4.69, 9.17) is 0 Å². The highest BCUT2D eigenvalue weighted by molar-refractivity contribution is 7.96. The Labute approximate surface area is 212 Å². The third kappa shape index (κ3) is 5.11. The zero-order valence-electron chi connectivity index (χ0n) is 20.3. The van der Waals surface area contributed by atoms with Crippen LogP contribution in [0.15, 0.2) is 114 Å². The third-order valence-electron chi connectivity index (χ3n) is 7.19. The first-order valence-electron chi connectivity index (χ1n) is 11.9. The third-order valence-corrected chi connectivity index (χ3v) is 11.9. The van der Waals surface area contributed by atoms with Crippen LogP contribution < -0.4 is 32.9 Å². The molecule has 0 nitrogen and oxygen atoms in total. The van der Waals surface area contributed by atoms with Crippen molar-refractivity contribution in [3.8, 4) is 0 Å². The van der Waals surface area contributed by atoms with E-state index in [1.54, 1.807) is 11.1 Å². The molecule has 0 amide bonds. The van der Waals surface area contributed by atoms with Gasteiger partial charge in [-0.3, -0.25) is 0 Å². The fourth-order valence-corrected chi connectivity index (χ4v) is 10.1. The molecule has 0 bridgehead atoms. The Hall–Kier alpha value is -1.95. The summed E-state index contributed by atoms with van der Waals surface area (Å²) in [6.07, 6.45) is 8.80. The first-order valence-corrected chi connectivity index (χ1v) is 13.8. The molecular weight excluding hydrogens is 483 g/mol. The predicted molar refractivity (Wildman–Crippen MR) is 144 cm³/mol. The Balaban J connectivity index is 0.00000306. The van der Waals surface area contributed by atoms with Crippen molar-refractivity contribution in [1.29, 1.82) is 0 Å². The lowest BCUT2D eigenvalue weighted by Crippen LogP contribution is -3.00. The van der Waals surface area contributed by atoms with E-state index >= 15 is 0 Å². The summed E-state index contributed by atoms with van der Waals surface area (Å²) >= 11 is 0. The zero-order valence-corrected chi connectivity index (χ0v) is 22.8. The van der Waals surface area contributed by atoms with E-state index in [1.165, 1.54) is 35.2 Å². The van der Waals surface area contributed by atoms with Crippen LogP contribution in [-0.2, 0) is 0 Å². The van der Waals surface area contributed by atoms with E-state index in [-0.39, 0.29) is 22.4 Å². The summed E-state index contributed by atoms with van der Waals surface area (Å²) < 4.78 is 0. The van der Waals surface area contributed by atoms with Gasteiger partial charge in [-0.25, -0.2) is 0 Å². The van der Waals surface area contributed by atoms with Gasteiger partial charge in [0.1, 0.15) is 23.2 Å². The van der Waals surface area contributed by atoms with Crippen LogP contribution in [0.1, 0.15) is 47.0 Å². The highest BCUT2D eigenvalue weighted by atomic mass is 79.9.